The van der Waals surface area contributed by atoms with Crippen molar-refractivity contribution in [1.82, 2.24) is 10.2 Å². The lowest BCUT2D eigenvalue weighted by molar-refractivity contribution is -0.116. The number of hydrogen-bond acceptors (Lipinski definition) is 5. The Balaban J connectivity index is 1.44. The van der Waals surface area contributed by atoms with Gasteiger partial charge in [0.15, 0.2) is 0 Å². The maximum atomic E-state index is 12.8. The third-order valence-electron chi connectivity index (χ3n) is 5.30. The van der Waals surface area contributed by atoms with Crippen LogP contribution in [0.2, 0.25) is 0 Å². The minimum Gasteiger partial charge on any atom is -0.425 e. The summed E-state index contributed by atoms with van der Waals surface area (Å²) in [5, 5.41) is 11.1. The minimum absolute atomic E-state index is 0.0829. The van der Waals surface area contributed by atoms with Crippen LogP contribution in [-0.4, -0.2) is 29.2 Å². The lowest BCUT2D eigenvalue weighted by Gasteiger charge is -2.28. The van der Waals surface area contributed by atoms with Gasteiger partial charge in [0.25, 0.3) is 0 Å². The van der Waals surface area contributed by atoms with Crippen LogP contribution in [0, 0.1) is 6.92 Å². The van der Waals surface area contributed by atoms with E-state index in [1.54, 1.807) is 6.92 Å². The Kier molecular flexibility index (Phi) is 5.89. The Hall–Kier alpha value is -3.15. The lowest BCUT2D eigenvalue weighted by Crippen LogP contribution is -2.29. The summed E-state index contributed by atoms with van der Waals surface area (Å²) in [4.78, 5) is 15.2. The monoisotopic (exact) mass is 390 g/mol. The summed E-state index contributed by atoms with van der Waals surface area (Å²) in [6.45, 7) is 3.96. The van der Waals surface area contributed by atoms with Crippen LogP contribution in [0.4, 0.5) is 11.4 Å². The molecule has 3 aromatic rings. The molecule has 4 rings (SSSR count). The van der Waals surface area contributed by atoms with Crippen molar-refractivity contribution in [1.29, 1.82) is 0 Å². The van der Waals surface area contributed by atoms with Gasteiger partial charge in [-0.2, -0.15) is 0 Å². The lowest BCUT2D eigenvalue weighted by atomic mass is 9.95. The first-order chi connectivity index (χ1) is 14.2. The molecule has 0 spiro atoms. The highest BCUT2D eigenvalue weighted by Gasteiger charge is 2.23. The van der Waals surface area contributed by atoms with E-state index in [9.17, 15) is 4.79 Å². The Labute approximate surface area is 170 Å². The van der Waals surface area contributed by atoms with E-state index in [4.69, 9.17) is 4.42 Å². The number of amides is 1. The van der Waals surface area contributed by atoms with Crippen molar-refractivity contribution >= 4 is 17.3 Å². The smallest absolute Gasteiger partial charge is 0.225 e. The normalized spacial score (nSPS) is 15.1. The van der Waals surface area contributed by atoms with E-state index in [0.717, 1.165) is 24.3 Å². The summed E-state index contributed by atoms with van der Waals surface area (Å²) >= 11 is 0. The van der Waals surface area contributed by atoms with Gasteiger partial charge in [0.2, 0.25) is 17.7 Å². The average molecular weight is 390 g/mol. The van der Waals surface area contributed by atoms with Crippen LogP contribution in [0.1, 0.15) is 48.9 Å². The Bertz CT molecular complexity index is 931. The minimum atomic E-state index is -0.273. The van der Waals surface area contributed by atoms with E-state index in [1.165, 1.54) is 24.9 Å². The summed E-state index contributed by atoms with van der Waals surface area (Å²) in [5.41, 5.74) is 2.99. The van der Waals surface area contributed by atoms with Gasteiger partial charge in [-0.3, -0.25) is 4.79 Å². The number of nitrogens with zero attached hydrogens (tertiary/aromatic N) is 3. The molecule has 6 heteroatoms. The number of rotatable bonds is 6. The van der Waals surface area contributed by atoms with Gasteiger partial charge < -0.3 is 14.6 Å². The van der Waals surface area contributed by atoms with Crippen molar-refractivity contribution in [2.24, 2.45) is 0 Å². The molecule has 6 nitrogen and oxygen atoms in total. The largest absolute Gasteiger partial charge is 0.425 e. The van der Waals surface area contributed by atoms with Gasteiger partial charge in [-0.05, 0) is 49.1 Å². The zero-order valence-corrected chi connectivity index (χ0v) is 16.7. The van der Waals surface area contributed by atoms with Gasteiger partial charge in [0.1, 0.15) is 0 Å². The molecule has 1 aliphatic heterocycles. The van der Waals surface area contributed by atoms with E-state index < -0.39 is 0 Å². The molecule has 1 N–H and O–H groups in total. The molecule has 1 fully saturated rings. The highest BCUT2D eigenvalue weighted by atomic mass is 16.4. The summed E-state index contributed by atoms with van der Waals surface area (Å²) in [7, 11) is 0. The molecule has 1 saturated heterocycles. The predicted molar refractivity (Wildman–Crippen MR) is 113 cm³/mol. The second kappa shape index (κ2) is 8.90. The molecule has 0 saturated carbocycles. The molecule has 1 aromatic heterocycles. The average Bonchev–Trinajstić information content (AvgIpc) is 3.20. The van der Waals surface area contributed by atoms with Crippen molar-refractivity contribution in [2.75, 3.05) is 23.3 Å². The molecule has 29 heavy (non-hydrogen) atoms. The molecule has 2 aromatic carbocycles. The Morgan fingerprint density at radius 1 is 1.03 bits per heavy atom. The first-order valence-corrected chi connectivity index (χ1v) is 10.2. The van der Waals surface area contributed by atoms with Crippen molar-refractivity contribution in [2.45, 2.75) is 38.5 Å². The standard InChI is InChI=1S/C23H26N4O2/c1-17-25-26-23(29-17)21(18-8-4-2-5-9-18)16-22(28)24-19-10-12-20(13-11-19)27-14-6-3-7-15-27/h2,4-5,8-13,21H,3,6-7,14-16H2,1H3,(H,24,28). The van der Waals surface area contributed by atoms with E-state index >= 15 is 0 Å². The van der Waals surface area contributed by atoms with Crippen molar-refractivity contribution < 1.29 is 9.21 Å². The molecule has 150 valence electrons. The van der Waals surface area contributed by atoms with Crippen molar-refractivity contribution in [3.63, 3.8) is 0 Å². The van der Waals surface area contributed by atoms with Gasteiger partial charge in [-0.1, -0.05) is 30.3 Å². The third-order valence-corrected chi connectivity index (χ3v) is 5.30. The summed E-state index contributed by atoms with van der Waals surface area (Å²) in [5.74, 6) is 0.601. The number of benzene rings is 2. The zero-order chi connectivity index (χ0) is 20.1. The number of carbonyl (C=O) groups is 1. The number of nitrogens with one attached hydrogen (secondary N) is 1. The number of anilines is 2. The number of hydrogen-bond donors (Lipinski definition) is 1. The quantitative estimate of drug-likeness (QED) is 0.670. The first kappa shape index (κ1) is 19.2. The molecule has 1 aliphatic rings. The van der Waals surface area contributed by atoms with Crippen LogP contribution in [0.3, 0.4) is 0 Å². The van der Waals surface area contributed by atoms with Crippen molar-refractivity contribution in [3.8, 4) is 0 Å². The number of aryl methyl sites for hydroxylation is 1. The number of piperidine rings is 1. The van der Waals surface area contributed by atoms with Crippen LogP contribution < -0.4 is 10.2 Å². The third kappa shape index (κ3) is 4.83. The SMILES string of the molecule is Cc1nnc(C(CC(=O)Nc2ccc(N3CCCCC3)cc2)c2ccccc2)o1. The molecule has 1 unspecified atom stereocenters. The van der Waals surface area contributed by atoms with Crippen LogP contribution in [0.5, 0.6) is 0 Å². The molecule has 0 radical (unpaired) electrons. The molecule has 0 bridgehead atoms. The maximum Gasteiger partial charge on any atom is 0.225 e. The predicted octanol–water partition coefficient (Wildman–Crippen LogP) is 4.53. The van der Waals surface area contributed by atoms with Gasteiger partial charge in [0.05, 0.1) is 5.92 Å². The summed E-state index contributed by atoms with van der Waals surface area (Å²) in [6, 6.07) is 17.9. The molecule has 0 aliphatic carbocycles. The number of carbonyl (C=O) groups excluding carboxylic acids is 1. The summed E-state index contributed by atoms with van der Waals surface area (Å²) in [6.07, 6.45) is 4.04. The molecular weight excluding hydrogens is 364 g/mol. The van der Waals surface area contributed by atoms with E-state index in [1.807, 2.05) is 42.5 Å². The van der Waals surface area contributed by atoms with Gasteiger partial charge in [-0.15, -0.1) is 10.2 Å². The fourth-order valence-electron chi connectivity index (χ4n) is 3.79. The number of aromatic nitrogens is 2. The summed E-state index contributed by atoms with van der Waals surface area (Å²) < 4.78 is 5.63. The highest BCUT2D eigenvalue weighted by Crippen LogP contribution is 2.28. The van der Waals surface area contributed by atoms with Gasteiger partial charge >= 0.3 is 0 Å². The van der Waals surface area contributed by atoms with Crippen LogP contribution in [0.15, 0.2) is 59.0 Å². The Morgan fingerprint density at radius 2 is 1.76 bits per heavy atom. The first-order valence-electron chi connectivity index (χ1n) is 10.2. The van der Waals surface area contributed by atoms with E-state index in [2.05, 4.69) is 32.5 Å². The highest BCUT2D eigenvalue weighted by molar-refractivity contribution is 5.91. The van der Waals surface area contributed by atoms with Crippen LogP contribution >= 0.6 is 0 Å². The Morgan fingerprint density at radius 3 is 2.41 bits per heavy atom. The van der Waals surface area contributed by atoms with Gasteiger partial charge in [-0.25, -0.2) is 0 Å². The molecule has 1 atom stereocenters. The van der Waals surface area contributed by atoms with Crippen LogP contribution in [-0.2, 0) is 4.79 Å². The van der Waals surface area contributed by atoms with E-state index in [0.29, 0.717) is 11.8 Å². The maximum absolute atomic E-state index is 12.8. The molecular formula is C23H26N4O2. The van der Waals surface area contributed by atoms with Gasteiger partial charge in [0, 0.05) is 37.8 Å². The fourth-order valence-corrected chi connectivity index (χ4v) is 3.79. The topological polar surface area (TPSA) is 71.3 Å². The van der Waals surface area contributed by atoms with Crippen LogP contribution in [0.25, 0.3) is 0 Å². The second-order valence-electron chi connectivity index (χ2n) is 7.47. The molecule has 2 heterocycles. The molecule has 1 amide bonds. The second-order valence-corrected chi connectivity index (χ2v) is 7.47. The zero-order valence-electron chi connectivity index (χ0n) is 16.7. The van der Waals surface area contributed by atoms with E-state index in [-0.39, 0.29) is 18.2 Å². The van der Waals surface area contributed by atoms with Crippen molar-refractivity contribution in [3.05, 3.63) is 71.9 Å². The fraction of sp³-hybridized carbons (Fsp3) is 0.348.